The Hall–Kier alpha value is -2.67. The van der Waals surface area contributed by atoms with Crippen LogP contribution in [-0.4, -0.2) is 23.9 Å². The van der Waals surface area contributed by atoms with Crippen LogP contribution >= 0.6 is 11.6 Å². The third-order valence-electron chi connectivity index (χ3n) is 2.45. The summed E-state index contributed by atoms with van der Waals surface area (Å²) in [6, 6.07) is 5.80. The molecule has 0 bridgehead atoms. The number of amides is 2. The number of allylic oxidation sites excluding steroid dienone is 1. The van der Waals surface area contributed by atoms with Gasteiger partial charge in [-0.1, -0.05) is 11.6 Å². The van der Waals surface area contributed by atoms with Crippen molar-refractivity contribution in [3.8, 4) is 5.75 Å². The van der Waals surface area contributed by atoms with Gasteiger partial charge in [-0.25, -0.2) is 15.2 Å². The van der Waals surface area contributed by atoms with Gasteiger partial charge in [-0.3, -0.25) is 4.79 Å². The molecule has 7 nitrogen and oxygen atoms in total. The van der Waals surface area contributed by atoms with Crippen LogP contribution in [0.5, 0.6) is 5.75 Å². The average molecular weight is 307 g/mol. The molecular formula is C13H11ClN4O3. The van der Waals surface area contributed by atoms with E-state index in [0.717, 1.165) is 0 Å². The molecule has 2 amide bonds. The van der Waals surface area contributed by atoms with E-state index in [1.54, 1.807) is 24.3 Å². The number of hydrazone groups is 1. The topological polar surface area (TPSA) is 106 Å². The number of aldehydes is 1. The van der Waals surface area contributed by atoms with Crippen molar-refractivity contribution >= 4 is 35.5 Å². The molecule has 0 atom stereocenters. The molecule has 0 spiro atoms. The zero-order chi connectivity index (χ0) is 15.2. The molecule has 0 fully saturated rings. The van der Waals surface area contributed by atoms with E-state index in [1.165, 1.54) is 6.20 Å². The van der Waals surface area contributed by atoms with Crippen molar-refractivity contribution in [3.05, 3.63) is 41.1 Å². The summed E-state index contributed by atoms with van der Waals surface area (Å²) in [5, 5.41) is 4.36. The number of nitrogens with two attached hydrogens (primary N) is 1. The normalized spacial score (nSPS) is 16.0. The molecule has 1 aliphatic heterocycles. The fourth-order valence-electron chi connectivity index (χ4n) is 1.51. The number of primary amides is 1. The second-order valence-corrected chi connectivity index (χ2v) is 4.46. The largest absolute Gasteiger partial charge is 0.437 e. The fraction of sp³-hybridized carbons (Fsp3) is 0.0769. The van der Waals surface area contributed by atoms with Gasteiger partial charge in [-0.2, -0.15) is 5.10 Å². The monoisotopic (exact) mass is 306 g/mol. The molecule has 3 N–H and O–H groups in total. The third-order valence-corrected chi connectivity index (χ3v) is 2.70. The summed E-state index contributed by atoms with van der Waals surface area (Å²) in [6.07, 6.45) is 2.21. The van der Waals surface area contributed by atoms with Gasteiger partial charge >= 0.3 is 6.03 Å². The van der Waals surface area contributed by atoms with Crippen LogP contribution in [0.2, 0.25) is 5.02 Å². The number of nitrogens with one attached hydrogen (secondary N) is 1. The maximum absolute atomic E-state index is 10.8. The number of benzene rings is 1. The first-order valence-corrected chi connectivity index (χ1v) is 6.24. The van der Waals surface area contributed by atoms with E-state index in [1.807, 2.05) is 0 Å². The second kappa shape index (κ2) is 6.67. The molecule has 1 aliphatic rings. The Labute approximate surface area is 125 Å². The van der Waals surface area contributed by atoms with Gasteiger partial charge in [0.25, 0.3) is 0 Å². The van der Waals surface area contributed by atoms with Gasteiger partial charge in [0.15, 0.2) is 0 Å². The first-order valence-electron chi connectivity index (χ1n) is 5.86. The summed E-state index contributed by atoms with van der Waals surface area (Å²) in [5.74, 6) is 0.657. The standard InChI is InChI=1S/C13H11ClN4O3/c14-9-1-3-10(4-2-9)21-12-11(17-18-13(15)20)5-8(7-19)6-16-12/h1-4,6-7H,5H2,(H3,15,18,20). The number of carbonyl (C=O) groups excluding carboxylic acids is 2. The van der Waals surface area contributed by atoms with Crippen LogP contribution in [-0.2, 0) is 4.79 Å². The summed E-state index contributed by atoms with van der Waals surface area (Å²) >= 11 is 5.79. The summed E-state index contributed by atoms with van der Waals surface area (Å²) in [4.78, 5) is 25.5. The number of halogens is 1. The summed E-state index contributed by atoms with van der Waals surface area (Å²) in [5.41, 5.74) is 7.73. The Bertz CT molecular complexity index is 650. The van der Waals surface area contributed by atoms with Gasteiger partial charge in [-0.15, -0.1) is 0 Å². The minimum atomic E-state index is -0.824. The van der Waals surface area contributed by atoms with E-state index in [0.29, 0.717) is 22.6 Å². The molecule has 0 aromatic heterocycles. The second-order valence-electron chi connectivity index (χ2n) is 4.02. The molecule has 1 heterocycles. The molecule has 0 saturated heterocycles. The number of nitrogens with zero attached hydrogens (tertiary/aromatic N) is 2. The number of aliphatic imine (C=N–C) groups is 1. The number of rotatable bonds is 3. The van der Waals surface area contributed by atoms with Crippen molar-refractivity contribution in [2.45, 2.75) is 6.42 Å². The first kappa shape index (κ1) is 14.7. The van der Waals surface area contributed by atoms with E-state index in [4.69, 9.17) is 22.1 Å². The summed E-state index contributed by atoms with van der Waals surface area (Å²) < 4.78 is 5.56. The van der Waals surface area contributed by atoms with Crippen LogP contribution in [0.25, 0.3) is 0 Å². The number of ether oxygens (including phenoxy) is 1. The minimum absolute atomic E-state index is 0.164. The van der Waals surface area contributed by atoms with Crippen LogP contribution in [0.4, 0.5) is 4.79 Å². The molecule has 0 radical (unpaired) electrons. The number of carbonyl (C=O) groups is 2. The third kappa shape index (κ3) is 4.15. The highest BCUT2D eigenvalue weighted by atomic mass is 35.5. The smallest absolute Gasteiger partial charge is 0.332 e. The number of hydrogen-bond acceptors (Lipinski definition) is 5. The van der Waals surface area contributed by atoms with E-state index < -0.39 is 6.03 Å². The van der Waals surface area contributed by atoms with Crippen LogP contribution in [0.1, 0.15) is 6.42 Å². The van der Waals surface area contributed by atoms with E-state index >= 15 is 0 Å². The van der Waals surface area contributed by atoms with Gasteiger partial charge in [-0.05, 0) is 24.3 Å². The zero-order valence-corrected chi connectivity index (χ0v) is 11.5. The van der Waals surface area contributed by atoms with Gasteiger partial charge in [0, 0.05) is 23.2 Å². The Morgan fingerprint density at radius 3 is 2.76 bits per heavy atom. The molecule has 0 unspecified atom stereocenters. The lowest BCUT2D eigenvalue weighted by atomic mass is 10.1. The Morgan fingerprint density at radius 2 is 2.14 bits per heavy atom. The Balaban J connectivity index is 2.23. The van der Waals surface area contributed by atoms with E-state index in [-0.39, 0.29) is 18.0 Å². The quantitative estimate of drug-likeness (QED) is 0.654. The predicted molar refractivity (Wildman–Crippen MR) is 78.4 cm³/mol. The van der Waals surface area contributed by atoms with E-state index in [9.17, 15) is 9.59 Å². The lowest BCUT2D eigenvalue weighted by Gasteiger charge is -2.14. The SMILES string of the molecule is NC(=O)NN=C1CC(C=O)=CN=C1Oc1ccc(Cl)cc1. The molecule has 21 heavy (non-hydrogen) atoms. The molecule has 0 saturated carbocycles. The van der Waals surface area contributed by atoms with Crippen LogP contribution in [0, 0.1) is 0 Å². The first-order chi connectivity index (χ1) is 10.1. The van der Waals surface area contributed by atoms with Crippen LogP contribution < -0.4 is 15.9 Å². The van der Waals surface area contributed by atoms with Crippen molar-refractivity contribution in [1.29, 1.82) is 0 Å². The van der Waals surface area contributed by atoms with Crippen molar-refractivity contribution < 1.29 is 14.3 Å². The molecular weight excluding hydrogens is 296 g/mol. The highest BCUT2D eigenvalue weighted by Gasteiger charge is 2.18. The maximum atomic E-state index is 10.8. The van der Waals surface area contributed by atoms with Crippen molar-refractivity contribution in [2.75, 3.05) is 0 Å². The highest BCUT2D eigenvalue weighted by molar-refractivity contribution is 6.41. The van der Waals surface area contributed by atoms with Crippen LogP contribution in [0.3, 0.4) is 0 Å². The van der Waals surface area contributed by atoms with Crippen molar-refractivity contribution in [2.24, 2.45) is 15.8 Å². The summed E-state index contributed by atoms with van der Waals surface area (Å²) in [6.45, 7) is 0. The van der Waals surface area contributed by atoms with Crippen molar-refractivity contribution in [1.82, 2.24) is 5.43 Å². The lowest BCUT2D eigenvalue weighted by molar-refractivity contribution is -0.104. The Morgan fingerprint density at radius 1 is 1.43 bits per heavy atom. The van der Waals surface area contributed by atoms with Gasteiger partial charge in [0.05, 0.1) is 0 Å². The number of urea groups is 1. The van der Waals surface area contributed by atoms with E-state index in [2.05, 4.69) is 15.5 Å². The van der Waals surface area contributed by atoms with Crippen molar-refractivity contribution in [3.63, 3.8) is 0 Å². The highest BCUT2D eigenvalue weighted by Crippen LogP contribution is 2.18. The van der Waals surface area contributed by atoms with Gasteiger partial charge in [0.1, 0.15) is 17.7 Å². The molecule has 0 aliphatic carbocycles. The zero-order valence-electron chi connectivity index (χ0n) is 10.7. The summed E-state index contributed by atoms with van der Waals surface area (Å²) in [7, 11) is 0. The lowest BCUT2D eigenvalue weighted by Crippen LogP contribution is -2.31. The molecule has 2 rings (SSSR count). The molecule has 108 valence electrons. The predicted octanol–water partition coefficient (Wildman–Crippen LogP) is 1.63. The van der Waals surface area contributed by atoms with Gasteiger partial charge < -0.3 is 10.5 Å². The molecule has 1 aromatic carbocycles. The number of hydrogen-bond donors (Lipinski definition) is 2. The molecule has 1 aromatic rings. The average Bonchev–Trinajstić information content (AvgIpc) is 2.48. The van der Waals surface area contributed by atoms with Crippen LogP contribution in [0.15, 0.2) is 46.1 Å². The fourth-order valence-corrected chi connectivity index (χ4v) is 1.64. The van der Waals surface area contributed by atoms with Gasteiger partial charge in [0.2, 0.25) is 5.90 Å². The molecule has 8 heteroatoms. The Kier molecular flexibility index (Phi) is 4.68. The minimum Gasteiger partial charge on any atom is -0.437 e. The maximum Gasteiger partial charge on any atom is 0.332 e.